The molecule has 0 aliphatic carbocycles. The molecule has 0 atom stereocenters. The van der Waals surface area contributed by atoms with Crippen molar-refractivity contribution in [3.8, 4) is 11.6 Å². The second-order valence-corrected chi connectivity index (χ2v) is 10.6. The first-order valence-corrected chi connectivity index (χ1v) is 14.5. The van der Waals surface area contributed by atoms with Gasteiger partial charge in [0.05, 0.1) is 28.4 Å². The molecule has 0 saturated heterocycles. The Labute approximate surface area is 267 Å². The van der Waals surface area contributed by atoms with Crippen molar-refractivity contribution in [3.63, 3.8) is 0 Å². The molecule has 0 unspecified atom stereocenters. The first kappa shape index (κ1) is 35.5. The van der Waals surface area contributed by atoms with Crippen LogP contribution in [0.2, 0.25) is 0 Å². The van der Waals surface area contributed by atoms with Crippen LogP contribution in [0.3, 0.4) is 0 Å². The molecule has 0 aliphatic rings. The van der Waals surface area contributed by atoms with Gasteiger partial charge in [-0.3, -0.25) is 20.2 Å². The number of halogens is 6. The van der Waals surface area contributed by atoms with Crippen LogP contribution < -0.4 is 0 Å². The van der Waals surface area contributed by atoms with Gasteiger partial charge >= 0.3 is 33.4 Å². The quantitative estimate of drug-likeness (QED) is 0.0728. The summed E-state index contributed by atoms with van der Waals surface area (Å²) in [5.74, 6) is 0.344. The number of pyridine rings is 2. The van der Waals surface area contributed by atoms with Gasteiger partial charge in [-0.25, -0.2) is 0 Å². The van der Waals surface area contributed by atoms with Crippen molar-refractivity contribution in [2.24, 2.45) is 0 Å². The molecule has 44 heavy (non-hydrogen) atoms. The number of alkyl halides is 6. The second-order valence-electron chi connectivity index (χ2n) is 10.6. The minimum absolute atomic E-state index is 0. The van der Waals surface area contributed by atoms with E-state index in [1.54, 1.807) is 24.3 Å². The Morgan fingerprint density at radius 1 is 0.591 bits per heavy atom. The summed E-state index contributed by atoms with van der Waals surface area (Å²) in [6.45, 7) is 4.22. The fraction of sp³-hybridized carbons (Fsp3) is 0.484. The third-order valence-corrected chi connectivity index (χ3v) is 7.44. The first-order chi connectivity index (χ1) is 20.5. The summed E-state index contributed by atoms with van der Waals surface area (Å²) in [7, 11) is 0. The Balaban J connectivity index is 0.00000529. The van der Waals surface area contributed by atoms with E-state index in [1.807, 2.05) is 12.1 Å². The van der Waals surface area contributed by atoms with Crippen LogP contribution in [0.4, 0.5) is 26.3 Å². The van der Waals surface area contributed by atoms with Crippen LogP contribution in [-0.4, -0.2) is 29.5 Å². The van der Waals surface area contributed by atoms with Crippen LogP contribution in [0.15, 0.2) is 48.5 Å². The maximum atomic E-state index is 13.3. The fourth-order valence-corrected chi connectivity index (χ4v) is 5.18. The molecule has 0 saturated carbocycles. The third-order valence-electron chi connectivity index (χ3n) is 7.44. The van der Waals surface area contributed by atoms with Crippen molar-refractivity contribution in [2.45, 2.75) is 95.8 Å². The Bertz CT molecular complexity index is 1350. The minimum atomic E-state index is -4.62. The molecule has 0 aromatic carbocycles. The maximum absolute atomic E-state index is 13.3. The number of aromatic nitrogens is 6. The van der Waals surface area contributed by atoms with Crippen LogP contribution in [0.1, 0.15) is 101 Å². The van der Waals surface area contributed by atoms with E-state index in [2.05, 4.69) is 36.4 Å². The Morgan fingerprint density at radius 3 is 1.34 bits per heavy atom. The monoisotopic (exact) mass is 799 g/mol. The number of rotatable bonds is 14. The summed E-state index contributed by atoms with van der Waals surface area (Å²) >= 11 is 0. The van der Waals surface area contributed by atoms with Gasteiger partial charge < -0.3 is 9.36 Å². The van der Waals surface area contributed by atoms with Gasteiger partial charge in [-0.2, -0.15) is 26.3 Å². The number of nitrogens with zero attached hydrogens (tertiary/aromatic N) is 6. The number of unbranched alkanes of at least 4 members (excludes halogenated alkanes) is 6. The number of hydrogen-bond donors (Lipinski definition) is 0. The molecule has 6 nitrogen and oxygen atoms in total. The molecule has 4 rings (SSSR count). The van der Waals surface area contributed by atoms with Crippen LogP contribution in [0.5, 0.6) is 0 Å². The van der Waals surface area contributed by atoms with E-state index >= 15 is 0 Å². The standard InChI is InChI=1S/C31H34F6N6.Pt/c1-3-5-7-9-19-29(20-10-8-6-4-2,23-13-11-15-27(38-23)42-21-17-25(40-42)30(32,33)34)24-14-12-16-28(39-24)43-22-18-26(41-43)31(35,36)37;/h11-18H,3-10,19-20H2,1-2H3;/q-2;+2. The molecule has 0 fully saturated rings. The van der Waals surface area contributed by atoms with Gasteiger partial charge in [0, 0.05) is 11.4 Å². The molecule has 4 aromatic rings. The predicted molar refractivity (Wildman–Crippen MR) is 149 cm³/mol. The van der Waals surface area contributed by atoms with E-state index in [9.17, 15) is 26.3 Å². The van der Waals surface area contributed by atoms with Gasteiger partial charge in [0.2, 0.25) is 0 Å². The van der Waals surface area contributed by atoms with Crippen molar-refractivity contribution in [1.29, 1.82) is 0 Å². The summed E-state index contributed by atoms with van der Waals surface area (Å²) in [4.78, 5) is 9.61. The van der Waals surface area contributed by atoms with Gasteiger partial charge in [-0.05, 0) is 25.0 Å². The summed E-state index contributed by atoms with van der Waals surface area (Å²) in [6.07, 6.45) is 4.73. The zero-order valence-electron chi connectivity index (χ0n) is 24.5. The Hall–Kier alpha value is -3.01. The van der Waals surface area contributed by atoms with Crippen molar-refractivity contribution >= 4 is 0 Å². The summed E-state index contributed by atoms with van der Waals surface area (Å²) in [5, 5.41) is 7.29. The van der Waals surface area contributed by atoms with E-state index in [0.717, 1.165) is 72.9 Å². The predicted octanol–water partition coefficient (Wildman–Crippen LogP) is 8.71. The van der Waals surface area contributed by atoms with Crippen LogP contribution in [0.25, 0.3) is 11.6 Å². The fourth-order valence-electron chi connectivity index (χ4n) is 5.18. The molecular weight excluding hydrogens is 765 g/mol. The minimum Gasteiger partial charge on any atom is -0.343 e. The van der Waals surface area contributed by atoms with Crippen molar-refractivity contribution in [3.05, 3.63) is 83.7 Å². The van der Waals surface area contributed by atoms with E-state index in [0.29, 0.717) is 24.2 Å². The average molecular weight is 800 g/mol. The second kappa shape index (κ2) is 15.3. The maximum Gasteiger partial charge on any atom is 2.00 e. The molecule has 0 spiro atoms. The summed E-state index contributed by atoms with van der Waals surface area (Å²) < 4.78 is 81.5. The van der Waals surface area contributed by atoms with Crippen molar-refractivity contribution in [1.82, 2.24) is 29.5 Å². The molecule has 0 N–H and O–H groups in total. The van der Waals surface area contributed by atoms with E-state index < -0.39 is 29.2 Å². The first-order valence-electron chi connectivity index (χ1n) is 14.5. The third kappa shape index (κ3) is 8.58. The van der Waals surface area contributed by atoms with Gasteiger partial charge in [-0.15, -0.1) is 12.1 Å². The molecule has 0 amide bonds. The average Bonchev–Trinajstić information content (AvgIpc) is 3.68. The smallest absolute Gasteiger partial charge is 0.343 e. The molecule has 240 valence electrons. The van der Waals surface area contributed by atoms with Crippen molar-refractivity contribution < 1.29 is 47.4 Å². The van der Waals surface area contributed by atoms with Gasteiger partial charge in [0.25, 0.3) is 0 Å². The van der Waals surface area contributed by atoms with Crippen molar-refractivity contribution in [2.75, 3.05) is 0 Å². The number of hydrogen-bond acceptors (Lipinski definition) is 4. The molecule has 4 aromatic heterocycles. The Kier molecular flexibility index (Phi) is 12.3. The normalized spacial score (nSPS) is 12.4. The zero-order valence-corrected chi connectivity index (χ0v) is 26.7. The molecular formula is C31H34F6N6Pt. The molecule has 0 bridgehead atoms. The van der Waals surface area contributed by atoms with E-state index in [1.165, 1.54) is 0 Å². The van der Waals surface area contributed by atoms with Crippen LogP contribution in [-0.2, 0) is 38.8 Å². The van der Waals surface area contributed by atoms with Crippen LogP contribution >= 0.6 is 0 Å². The van der Waals surface area contributed by atoms with E-state index in [4.69, 9.17) is 9.97 Å². The summed E-state index contributed by atoms with van der Waals surface area (Å²) in [6, 6.07) is 11.8. The Morgan fingerprint density at radius 2 is 1.00 bits per heavy atom. The molecule has 13 heteroatoms. The van der Waals surface area contributed by atoms with Gasteiger partial charge in [0.15, 0.2) is 0 Å². The van der Waals surface area contributed by atoms with Gasteiger partial charge in [0.1, 0.15) is 0 Å². The largest absolute Gasteiger partial charge is 2.00 e. The SMILES string of the molecule is CCCCCCC(CCCCCC)(c1cccc(-n2[c-]cc(C(F)(F)F)n2)n1)c1cccc(-n2[c-]cc(C(F)(F)F)n2)n1.[Pt+2]. The topological polar surface area (TPSA) is 61.4 Å². The van der Waals surface area contributed by atoms with Crippen LogP contribution in [0, 0.1) is 12.4 Å². The zero-order chi connectivity index (χ0) is 31.1. The van der Waals surface area contributed by atoms with E-state index in [-0.39, 0.29) is 32.7 Å². The van der Waals surface area contributed by atoms with Gasteiger partial charge in [-0.1, -0.05) is 102 Å². The molecule has 4 heterocycles. The summed E-state index contributed by atoms with van der Waals surface area (Å²) in [5.41, 5.74) is -1.73. The molecule has 0 radical (unpaired) electrons. The molecule has 0 aliphatic heterocycles.